The van der Waals surface area contributed by atoms with E-state index in [1.54, 1.807) is 0 Å². The second-order valence-electron chi connectivity index (χ2n) is 4.51. The molecule has 4 N–H and O–H groups in total. The molecule has 0 saturated heterocycles. The van der Waals surface area contributed by atoms with Crippen molar-refractivity contribution in [3.05, 3.63) is 11.3 Å². The summed E-state index contributed by atoms with van der Waals surface area (Å²) in [7, 11) is 0. The maximum absolute atomic E-state index is 11.3. The van der Waals surface area contributed by atoms with Crippen molar-refractivity contribution >= 4 is 29.0 Å². The number of carbonyl (C=O) groups is 2. The summed E-state index contributed by atoms with van der Waals surface area (Å²) >= 11 is 4.80. The first kappa shape index (κ1) is 14.6. The maximum atomic E-state index is 11.3. The average Bonchev–Trinajstić information content (AvgIpc) is 2.99. The van der Waals surface area contributed by atoms with Crippen LogP contribution in [0.5, 0.6) is 0 Å². The molecule has 0 spiro atoms. The monoisotopic (exact) mass is 270 g/mol. The highest BCUT2D eigenvalue weighted by atomic mass is 32.1. The van der Waals surface area contributed by atoms with Crippen LogP contribution in [0.4, 0.5) is 0 Å². The smallest absolute Gasteiger partial charge is 0.313 e. The molecular weight excluding hydrogens is 252 g/mol. The van der Waals surface area contributed by atoms with Gasteiger partial charge in [0.2, 0.25) is 0 Å². The molecule has 1 fully saturated rings. The molecule has 0 heterocycles. The fraction of sp³-hybridized carbons (Fsp3) is 0.583. The molecule has 1 aliphatic rings. The van der Waals surface area contributed by atoms with Gasteiger partial charge in [-0.3, -0.25) is 9.59 Å². The van der Waals surface area contributed by atoms with Crippen molar-refractivity contribution in [2.75, 3.05) is 6.61 Å². The lowest BCUT2D eigenvalue weighted by Gasteiger charge is -2.11. The molecule has 5 nitrogen and oxygen atoms in total. The van der Waals surface area contributed by atoms with Crippen molar-refractivity contribution in [3.8, 4) is 0 Å². The number of ketones is 1. The van der Waals surface area contributed by atoms with Gasteiger partial charge in [0.25, 0.3) is 0 Å². The van der Waals surface area contributed by atoms with E-state index in [-0.39, 0.29) is 18.8 Å². The first-order valence-corrected chi connectivity index (χ1v) is 6.21. The molecule has 0 aliphatic heterocycles. The molecule has 6 heteroatoms. The van der Waals surface area contributed by atoms with Crippen molar-refractivity contribution in [1.82, 2.24) is 0 Å². The van der Waals surface area contributed by atoms with E-state index < -0.39 is 5.97 Å². The normalized spacial score (nSPS) is 15.8. The van der Waals surface area contributed by atoms with Crippen molar-refractivity contribution in [3.63, 3.8) is 0 Å². The summed E-state index contributed by atoms with van der Waals surface area (Å²) in [4.78, 5) is 22.4. The van der Waals surface area contributed by atoms with Gasteiger partial charge in [-0.25, -0.2) is 0 Å². The minimum atomic E-state index is -0.524. The van der Waals surface area contributed by atoms with Gasteiger partial charge in [-0.15, -0.1) is 0 Å². The third-order valence-electron chi connectivity index (χ3n) is 2.63. The van der Waals surface area contributed by atoms with Crippen LogP contribution < -0.4 is 11.5 Å². The minimum absolute atomic E-state index is 0.130. The molecule has 0 radical (unpaired) electrons. The van der Waals surface area contributed by atoms with Gasteiger partial charge in [-0.05, 0) is 31.3 Å². The quantitative estimate of drug-likeness (QED) is 0.404. The van der Waals surface area contributed by atoms with Crippen molar-refractivity contribution < 1.29 is 14.3 Å². The van der Waals surface area contributed by atoms with Crippen LogP contribution in [-0.2, 0) is 14.3 Å². The number of Topliss-reactive ketones (excluding diaryl/α,β-unsaturated/α-hetero) is 1. The van der Waals surface area contributed by atoms with Gasteiger partial charge >= 0.3 is 5.97 Å². The third kappa shape index (κ3) is 5.27. The molecule has 0 unspecified atom stereocenters. The van der Waals surface area contributed by atoms with Gasteiger partial charge in [0.1, 0.15) is 18.8 Å². The van der Waals surface area contributed by atoms with Gasteiger partial charge in [0.15, 0.2) is 0 Å². The lowest BCUT2D eigenvalue weighted by molar-refractivity contribution is -0.144. The Morgan fingerprint density at radius 1 is 1.28 bits per heavy atom. The Hall–Kier alpha value is -1.43. The van der Waals surface area contributed by atoms with Crippen molar-refractivity contribution in [2.45, 2.75) is 32.6 Å². The Balaban J connectivity index is 2.56. The summed E-state index contributed by atoms with van der Waals surface area (Å²) < 4.78 is 5.04. The van der Waals surface area contributed by atoms with E-state index >= 15 is 0 Å². The number of nitrogens with two attached hydrogens (primary N) is 2. The molecular formula is C12H18N2O3S. The van der Waals surface area contributed by atoms with E-state index in [9.17, 15) is 9.59 Å². The van der Waals surface area contributed by atoms with E-state index in [2.05, 4.69) is 0 Å². The van der Waals surface area contributed by atoms with Crippen LogP contribution in [-0.4, -0.2) is 23.3 Å². The molecule has 0 aromatic carbocycles. The highest BCUT2D eigenvalue weighted by Crippen LogP contribution is 2.37. The Kier molecular flexibility index (Phi) is 5.27. The van der Waals surface area contributed by atoms with Crippen LogP contribution in [0.15, 0.2) is 11.3 Å². The van der Waals surface area contributed by atoms with E-state index in [1.165, 1.54) is 6.92 Å². The number of esters is 1. The molecule has 0 amide bonds. The van der Waals surface area contributed by atoms with E-state index in [0.29, 0.717) is 23.0 Å². The van der Waals surface area contributed by atoms with Crippen LogP contribution in [0.3, 0.4) is 0 Å². The molecule has 0 atom stereocenters. The van der Waals surface area contributed by atoms with E-state index in [1.807, 2.05) is 0 Å². The Morgan fingerprint density at radius 2 is 1.89 bits per heavy atom. The number of thiocarbonyl (C=S) groups is 1. The molecule has 1 aliphatic carbocycles. The Morgan fingerprint density at radius 3 is 2.33 bits per heavy atom. The van der Waals surface area contributed by atoms with Gasteiger partial charge in [-0.2, -0.15) is 0 Å². The molecule has 1 rings (SSSR count). The number of hydrogen-bond acceptors (Lipinski definition) is 5. The third-order valence-corrected chi connectivity index (χ3v) is 2.77. The fourth-order valence-electron chi connectivity index (χ4n) is 1.62. The number of carbonyl (C=O) groups excluding carboxylic acids is 2. The topological polar surface area (TPSA) is 95.4 Å². The first-order chi connectivity index (χ1) is 8.40. The zero-order chi connectivity index (χ0) is 13.7. The Labute approximate surface area is 112 Å². The molecule has 0 aromatic rings. The van der Waals surface area contributed by atoms with Crippen LogP contribution in [0.2, 0.25) is 0 Å². The number of hydrogen-bond donors (Lipinski definition) is 2. The highest BCUT2D eigenvalue weighted by molar-refractivity contribution is 7.80. The summed E-state index contributed by atoms with van der Waals surface area (Å²) in [5, 5.41) is 0. The summed E-state index contributed by atoms with van der Waals surface area (Å²) in [6.07, 6.45) is 2.22. The largest absolute Gasteiger partial charge is 0.461 e. The molecule has 100 valence electrons. The molecule has 0 bridgehead atoms. The number of ether oxygens (including phenoxy) is 1. The average molecular weight is 270 g/mol. The minimum Gasteiger partial charge on any atom is -0.461 e. The summed E-state index contributed by atoms with van der Waals surface area (Å²) in [6, 6.07) is 0. The SMILES string of the molecule is CC(=O)CC(=O)OCC(=C(N)CC(N)=S)C1CC1. The molecule has 18 heavy (non-hydrogen) atoms. The van der Waals surface area contributed by atoms with Gasteiger partial charge in [0.05, 0.1) is 4.99 Å². The lowest BCUT2D eigenvalue weighted by atomic mass is 10.1. The maximum Gasteiger partial charge on any atom is 0.313 e. The van der Waals surface area contributed by atoms with E-state index in [0.717, 1.165) is 18.4 Å². The Bertz CT molecular complexity index is 400. The van der Waals surface area contributed by atoms with Gasteiger partial charge in [-0.1, -0.05) is 12.2 Å². The summed E-state index contributed by atoms with van der Waals surface area (Å²) in [5.41, 5.74) is 12.8. The fourth-order valence-corrected chi connectivity index (χ4v) is 1.77. The summed E-state index contributed by atoms with van der Waals surface area (Å²) in [5.74, 6) is -0.374. The second-order valence-corrected chi connectivity index (χ2v) is 5.03. The standard InChI is InChI=1S/C12H18N2O3S/c1-7(15)4-12(16)17-6-9(8-2-3-8)10(13)5-11(14)18/h8H,2-6,13H2,1H3,(H2,14,18). The molecule has 1 saturated carbocycles. The van der Waals surface area contributed by atoms with Gasteiger partial charge in [0, 0.05) is 12.1 Å². The van der Waals surface area contributed by atoms with E-state index in [4.69, 9.17) is 28.4 Å². The van der Waals surface area contributed by atoms with Gasteiger partial charge < -0.3 is 16.2 Å². The zero-order valence-electron chi connectivity index (χ0n) is 10.4. The van der Waals surface area contributed by atoms with Crippen LogP contribution in [0.1, 0.15) is 32.6 Å². The second kappa shape index (κ2) is 6.49. The summed E-state index contributed by atoms with van der Waals surface area (Å²) in [6.45, 7) is 1.48. The number of rotatable bonds is 7. The highest BCUT2D eigenvalue weighted by Gasteiger charge is 2.28. The van der Waals surface area contributed by atoms with Crippen LogP contribution in [0, 0.1) is 5.92 Å². The van der Waals surface area contributed by atoms with Crippen molar-refractivity contribution in [2.24, 2.45) is 17.4 Å². The van der Waals surface area contributed by atoms with Crippen LogP contribution in [0.25, 0.3) is 0 Å². The lowest BCUT2D eigenvalue weighted by Crippen LogP contribution is -2.18. The first-order valence-electron chi connectivity index (χ1n) is 5.81. The predicted octanol–water partition coefficient (Wildman–Crippen LogP) is 0.808. The molecule has 0 aromatic heterocycles. The zero-order valence-corrected chi connectivity index (χ0v) is 11.2. The predicted molar refractivity (Wildman–Crippen MR) is 71.6 cm³/mol. The van der Waals surface area contributed by atoms with Crippen LogP contribution >= 0.6 is 12.2 Å². The van der Waals surface area contributed by atoms with Crippen molar-refractivity contribution in [1.29, 1.82) is 0 Å².